The summed E-state index contributed by atoms with van der Waals surface area (Å²) in [6.45, 7) is 4.45. The molecule has 1 amide bonds. The molecule has 0 unspecified atom stereocenters. The molecule has 0 saturated heterocycles. The van der Waals surface area contributed by atoms with Crippen molar-refractivity contribution >= 4 is 33.6 Å². The lowest BCUT2D eigenvalue weighted by molar-refractivity contribution is -0.112. The highest BCUT2D eigenvalue weighted by molar-refractivity contribution is 9.10. The van der Waals surface area contributed by atoms with Crippen LogP contribution in [0.15, 0.2) is 52.5 Å². The maximum atomic E-state index is 12.4. The number of nitriles is 1. The summed E-state index contributed by atoms with van der Waals surface area (Å²) < 4.78 is 6.40. The lowest BCUT2D eigenvalue weighted by atomic mass is 10.1. The molecule has 0 bridgehead atoms. The third-order valence-electron chi connectivity index (χ3n) is 3.56. The summed E-state index contributed by atoms with van der Waals surface area (Å²) in [6, 6.07) is 15.0. The highest BCUT2D eigenvalue weighted by atomic mass is 79.9. The second kappa shape index (κ2) is 9.05. The molecule has 0 spiro atoms. The van der Waals surface area contributed by atoms with Crippen molar-refractivity contribution < 1.29 is 9.53 Å². The lowest BCUT2D eigenvalue weighted by Gasteiger charge is -2.09. The Balaban J connectivity index is 2.26. The molecule has 128 valence electrons. The van der Waals surface area contributed by atoms with Crippen molar-refractivity contribution in [2.75, 3.05) is 11.9 Å². The van der Waals surface area contributed by atoms with E-state index in [2.05, 4.69) is 28.2 Å². The second-order valence-electron chi connectivity index (χ2n) is 5.29. The minimum atomic E-state index is -0.450. The predicted octanol–water partition coefficient (Wildman–Crippen LogP) is 4.96. The normalized spacial score (nSPS) is 10.9. The number of hydrogen-bond donors (Lipinski definition) is 1. The van der Waals surface area contributed by atoms with Crippen LogP contribution in [0.1, 0.15) is 25.0 Å². The fourth-order valence-electron chi connectivity index (χ4n) is 2.25. The zero-order valence-corrected chi connectivity index (χ0v) is 15.8. The van der Waals surface area contributed by atoms with Gasteiger partial charge in [0.2, 0.25) is 0 Å². The van der Waals surface area contributed by atoms with Gasteiger partial charge < -0.3 is 10.1 Å². The van der Waals surface area contributed by atoms with E-state index in [-0.39, 0.29) is 5.57 Å². The Labute approximate surface area is 156 Å². The first kappa shape index (κ1) is 18.8. The van der Waals surface area contributed by atoms with Gasteiger partial charge in [-0.05, 0) is 55.3 Å². The smallest absolute Gasteiger partial charge is 0.266 e. The maximum absolute atomic E-state index is 12.4. The summed E-state index contributed by atoms with van der Waals surface area (Å²) >= 11 is 3.40. The Kier molecular flexibility index (Phi) is 6.79. The molecule has 1 N–H and O–H groups in total. The largest absolute Gasteiger partial charge is 0.493 e. The molecule has 2 rings (SSSR count). The van der Waals surface area contributed by atoms with E-state index in [1.54, 1.807) is 6.07 Å². The summed E-state index contributed by atoms with van der Waals surface area (Å²) in [5.41, 5.74) is 2.52. The SMILES string of the molecule is CCOc1ccc(Br)cc1/C=C(/C#N)C(=O)Nc1ccc(CC)cc1. The highest BCUT2D eigenvalue weighted by Gasteiger charge is 2.12. The molecule has 25 heavy (non-hydrogen) atoms. The van der Waals surface area contributed by atoms with E-state index < -0.39 is 5.91 Å². The highest BCUT2D eigenvalue weighted by Crippen LogP contribution is 2.26. The standard InChI is InChI=1S/C20H19BrN2O2/c1-3-14-5-8-18(9-6-14)23-20(24)16(13-22)11-15-12-17(21)7-10-19(15)25-4-2/h5-12H,3-4H2,1-2H3,(H,23,24)/b16-11-. The molecule has 0 aliphatic carbocycles. The summed E-state index contributed by atoms with van der Waals surface area (Å²) in [6.07, 6.45) is 2.46. The predicted molar refractivity (Wildman–Crippen MR) is 103 cm³/mol. The third-order valence-corrected chi connectivity index (χ3v) is 4.05. The molecule has 0 aromatic heterocycles. The van der Waals surface area contributed by atoms with Crippen LogP contribution in [0.3, 0.4) is 0 Å². The molecule has 0 radical (unpaired) electrons. The van der Waals surface area contributed by atoms with E-state index in [0.717, 1.165) is 10.9 Å². The first-order valence-corrected chi connectivity index (χ1v) is 8.81. The van der Waals surface area contributed by atoms with Gasteiger partial charge in [-0.1, -0.05) is 35.0 Å². The van der Waals surface area contributed by atoms with Crippen LogP contribution >= 0.6 is 15.9 Å². The average Bonchev–Trinajstić information content (AvgIpc) is 2.62. The van der Waals surface area contributed by atoms with Crippen LogP contribution in [0.2, 0.25) is 0 Å². The van der Waals surface area contributed by atoms with Crippen LogP contribution in [-0.4, -0.2) is 12.5 Å². The topological polar surface area (TPSA) is 62.1 Å². The molecular weight excluding hydrogens is 380 g/mol. The van der Waals surface area contributed by atoms with Gasteiger partial charge in [0.25, 0.3) is 5.91 Å². The van der Waals surface area contributed by atoms with Crippen molar-refractivity contribution in [3.05, 3.63) is 63.6 Å². The van der Waals surface area contributed by atoms with E-state index in [1.807, 2.05) is 49.4 Å². The number of anilines is 1. The van der Waals surface area contributed by atoms with E-state index in [0.29, 0.717) is 23.6 Å². The number of nitrogens with one attached hydrogen (secondary N) is 1. The Bertz CT molecular complexity index is 821. The zero-order valence-electron chi connectivity index (χ0n) is 14.2. The average molecular weight is 399 g/mol. The minimum absolute atomic E-state index is 0.0126. The number of ether oxygens (including phenoxy) is 1. The van der Waals surface area contributed by atoms with Gasteiger partial charge in [-0.3, -0.25) is 4.79 Å². The number of carbonyl (C=O) groups excluding carboxylic acids is 1. The molecule has 2 aromatic rings. The summed E-state index contributed by atoms with van der Waals surface area (Å²) in [4.78, 5) is 12.4. The van der Waals surface area contributed by atoms with Crippen LogP contribution in [-0.2, 0) is 11.2 Å². The van der Waals surface area contributed by atoms with E-state index in [4.69, 9.17) is 4.74 Å². The molecule has 0 aliphatic rings. The molecule has 0 aliphatic heterocycles. The van der Waals surface area contributed by atoms with Gasteiger partial charge in [0.1, 0.15) is 17.4 Å². The van der Waals surface area contributed by atoms with Gasteiger partial charge in [0, 0.05) is 15.7 Å². The number of halogens is 1. The number of hydrogen-bond acceptors (Lipinski definition) is 3. The monoisotopic (exact) mass is 398 g/mol. The van der Waals surface area contributed by atoms with E-state index in [1.165, 1.54) is 11.6 Å². The number of aryl methyl sites for hydroxylation is 1. The Morgan fingerprint density at radius 3 is 2.56 bits per heavy atom. The van der Waals surface area contributed by atoms with Crippen LogP contribution < -0.4 is 10.1 Å². The summed E-state index contributed by atoms with van der Waals surface area (Å²) in [7, 11) is 0. The van der Waals surface area contributed by atoms with Crippen molar-refractivity contribution in [2.45, 2.75) is 20.3 Å². The molecule has 2 aromatic carbocycles. The van der Waals surface area contributed by atoms with Crippen molar-refractivity contribution in [2.24, 2.45) is 0 Å². The quantitative estimate of drug-likeness (QED) is 0.552. The minimum Gasteiger partial charge on any atom is -0.493 e. The molecule has 0 atom stereocenters. The van der Waals surface area contributed by atoms with Crippen LogP contribution in [0, 0.1) is 11.3 Å². The van der Waals surface area contributed by atoms with E-state index in [9.17, 15) is 10.1 Å². The first-order valence-electron chi connectivity index (χ1n) is 8.01. The first-order chi connectivity index (χ1) is 12.1. The van der Waals surface area contributed by atoms with Gasteiger partial charge in [-0.2, -0.15) is 5.26 Å². The van der Waals surface area contributed by atoms with Crippen molar-refractivity contribution in [3.63, 3.8) is 0 Å². The van der Waals surface area contributed by atoms with Crippen LogP contribution in [0.4, 0.5) is 5.69 Å². The molecule has 5 heteroatoms. The van der Waals surface area contributed by atoms with Gasteiger partial charge in [-0.25, -0.2) is 0 Å². The van der Waals surface area contributed by atoms with E-state index >= 15 is 0 Å². The zero-order chi connectivity index (χ0) is 18.2. The summed E-state index contributed by atoms with van der Waals surface area (Å²) in [5, 5.41) is 12.1. The van der Waals surface area contributed by atoms with Gasteiger partial charge in [-0.15, -0.1) is 0 Å². The Morgan fingerprint density at radius 2 is 1.96 bits per heavy atom. The summed E-state index contributed by atoms with van der Waals surface area (Å²) in [5.74, 6) is 0.174. The fourth-order valence-corrected chi connectivity index (χ4v) is 2.62. The third kappa shape index (κ3) is 5.20. The second-order valence-corrected chi connectivity index (χ2v) is 6.21. The number of benzene rings is 2. The van der Waals surface area contributed by atoms with Crippen molar-refractivity contribution in [1.82, 2.24) is 0 Å². The Morgan fingerprint density at radius 1 is 1.24 bits per heavy atom. The van der Waals surface area contributed by atoms with Crippen molar-refractivity contribution in [3.8, 4) is 11.8 Å². The van der Waals surface area contributed by atoms with Crippen LogP contribution in [0.5, 0.6) is 5.75 Å². The van der Waals surface area contributed by atoms with Crippen LogP contribution in [0.25, 0.3) is 6.08 Å². The fraction of sp³-hybridized carbons (Fsp3) is 0.200. The number of rotatable bonds is 6. The molecule has 0 saturated carbocycles. The van der Waals surface area contributed by atoms with Gasteiger partial charge in [0.15, 0.2) is 0 Å². The number of nitrogens with zero attached hydrogens (tertiary/aromatic N) is 1. The van der Waals surface area contributed by atoms with Crippen molar-refractivity contribution in [1.29, 1.82) is 5.26 Å². The lowest BCUT2D eigenvalue weighted by Crippen LogP contribution is -2.13. The molecule has 0 fully saturated rings. The molecule has 0 heterocycles. The number of amides is 1. The molecular formula is C20H19BrN2O2. The maximum Gasteiger partial charge on any atom is 0.266 e. The Hall–Kier alpha value is -2.58. The van der Waals surface area contributed by atoms with Gasteiger partial charge in [0.05, 0.1) is 6.61 Å². The number of carbonyl (C=O) groups is 1. The molecule has 4 nitrogen and oxygen atoms in total. The van der Waals surface area contributed by atoms with Gasteiger partial charge >= 0.3 is 0 Å².